The Bertz CT molecular complexity index is 521. The zero-order chi connectivity index (χ0) is 16.0. The first-order valence-corrected chi connectivity index (χ1v) is 7.52. The number of halogens is 1. The Morgan fingerprint density at radius 1 is 1.43 bits per heavy atom. The van der Waals surface area contributed by atoms with Crippen LogP contribution in [0.1, 0.15) is 37.0 Å². The number of amides is 1. The molecule has 6 nitrogen and oxygen atoms in total. The molecule has 0 saturated heterocycles. The Morgan fingerprint density at radius 3 is 2.52 bits per heavy atom. The average Bonchev–Trinajstić information content (AvgIpc) is 2.49. The van der Waals surface area contributed by atoms with E-state index in [4.69, 9.17) is 0 Å². The van der Waals surface area contributed by atoms with Crippen LogP contribution >= 0.6 is 15.9 Å². The molecule has 21 heavy (non-hydrogen) atoms. The summed E-state index contributed by atoms with van der Waals surface area (Å²) in [5.74, 6) is -0.398. The van der Waals surface area contributed by atoms with E-state index in [0.717, 1.165) is 12.8 Å². The summed E-state index contributed by atoms with van der Waals surface area (Å²) in [4.78, 5) is 22.5. The van der Waals surface area contributed by atoms with Crippen molar-refractivity contribution in [2.24, 2.45) is 5.41 Å². The molecule has 0 saturated carbocycles. The number of nitro groups is 1. The fourth-order valence-electron chi connectivity index (χ4n) is 1.98. The molecule has 0 aliphatic heterocycles. The number of carbonyl (C=O) groups is 1. The maximum atomic E-state index is 12.2. The zero-order valence-corrected chi connectivity index (χ0v) is 13.6. The van der Waals surface area contributed by atoms with Crippen LogP contribution in [0.2, 0.25) is 0 Å². The molecule has 0 aliphatic carbocycles. The van der Waals surface area contributed by atoms with E-state index in [1.807, 2.05) is 13.8 Å². The van der Waals surface area contributed by atoms with Gasteiger partial charge in [-0.25, -0.2) is 0 Å². The molecule has 0 spiro atoms. The van der Waals surface area contributed by atoms with Crippen LogP contribution in [0.5, 0.6) is 0 Å². The summed E-state index contributed by atoms with van der Waals surface area (Å²) in [6.45, 7) is 4.21. The maximum absolute atomic E-state index is 12.2. The Kier molecular flexibility index (Phi) is 6.29. The van der Waals surface area contributed by atoms with Gasteiger partial charge in [-0.15, -0.1) is 0 Å². The van der Waals surface area contributed by atoms with Crippen molar-refractivity contribution in [1.29, 1.82) is 0 Å². The number of hydrogen-bond donors (Lipinski definition) is 2. The molecule has 0 fully saturated rings. The standard InChI is InChI=1S/C14H19BrN2O4/c1-3-14(4-2,9-18)8-16-13(19)10-6-5-7-11(12(10)15)17(20)21/h5-7,18H,3-4,8-9H2,1-2H3,(H,16,19). The first kappa shape index (κ1) is 17.6. The topological polar surface area (TPSA) is 92.5 Å². The smallest absolute Gasteiger partial charge is 0.284 e. The van der Waals surface area contributed by atoms with Crippen molar-refractivity contribution in [3.63, 3.8) is 0 Å². The lowest BCUT2D eigenvalue weighted by Gasteiger charge is -2.29. The lowest BCUT2D eigenvalue weighted by molar-refractivity contribution is -0.385. The van der Waals surface area contributed by atoms with Crippen LogP contribution in [0, 0.1) is 15.5 Å². The molecule has 1 aromatic carbocycles. The largest absolute Gasteiger partial charge is 0.396 e. The SMILES string of the molecule is CCC(CC)(CO)CNC(=O)c1cccc([N+](=O)[O-])c1Br. The number of aliphatic hydroxyl groups excluding tert-OH is 1. The van der Waals surface area contributed by atoms with Crippen molar-refractivity contribution in [1.82, 2.24) is 5.32 Å². The Labute approximate surface area is 131 Å². The summed E-state index contributed by atoms with van der Waals surface area (Å²) in [6, 6.07) is 4.32. The molecule has 0 atom stereocenters. The first-order valence-electron chi connectivity index (χ1n) is 6.72. The molecule has 1 rings (SSSR count). The fourth-order valence-corrected chi connectivity index (χ4v) is 2.57. The molecule has 0 heterocycles. The van der Waals surface area contributed by atoms with Crippen molar-refractivity contribution in [2.75, 3.05) is 13.2 Å². The van der Waals surface area contributed by atoms with Gasteiger partial charge in [0.15, 0.2) is 0 Å². The second kappa shape index (κ2) is 7.51. The highest BCUT2D eigenvalue weighted by Crippen LogP contribution is 2.29. The van der Waals surface area contributed by atoms with Gasteiger partial charge in [0.25, 0.3) is 11.6 Å². The van der Waals surface area contributed by atoms with Crippen molar-refractivity contribution in [2.45, 2.75) is 26.7 Å². The van der Waals surface area contributed by atoms with Gasteiger partial charge in [0.05, 0.1) is 17.1 Å². The third kappa shape index (κ3) is 4.01. The molecule has 7 heteroatoms. The van der Waals surface area contributed by atoms with Crippen LogP contribution in [-0.4, -0.2) is 29.1 Å². The van der Waals surface area contributed by atoms with Gasteiger partial charge in [0.1, 0.15) is 4.47 Å². The highest BCUT2D eigenvalue weighted by atomic mass is 79.9. The predicted molar refractivity (Wildman–Crippen MR) is 83.2 cm³/mol. The molecule has 0 aliphatic rings. The monoisotopic (exact) mass is 358 g/mol. The fraction of sp³-hybridized carbons (Fsp3) is 0.500. The molecule has 0 aromatic heterocycles. The van der Waals surface area contributed by atoms with Crippen LogP contribution < -0.4 is 5.32 Å². The minimum atomic E-state index is -0.545. The van der Waals surface area contributed by atoms with Gasteiger partial charge in [-0.1, -0.05) is 19.9 Å². The molecule has 0 unspecified atom stereocenters. The van der Waals surface area contributed by atoms with E-state index < -0.39 is 10.8 Å². The van der Waals surface area contributed by atoms with E-state index >= 15 is 0 Å². The average molecular weight is 359 g/mol. The summed E-state index contributed by atoms with van der Waals surface area (Å²) >= 11 is 3.10. The van der Waals surface area contributed by atoms with Crippen LogP contribution in [0.4, 0.5) is 5.69 Å². The third-order valence-electron chi connectivity index (χ3n) is 3.88. The third-order valence-corrected chi connectivity index (χ3v) is 4.71. The van der Waals surface area contributed by atoms with Gasteiger partial charge in [-0.05, 0) is 34.8 Å². The van der Waals surface area contributed by atoms with Crippen molar-refractivity contribution in [3.8, 4) is 0 Å². The van der Waals surface area contributed by atoms with Gasteiger partial charge in [-0.2, -0.15) is 0 Å². The minimum absolute atomic E-state index is 0.0175. The number of hydrogen-bond acceptors (Lipinski definition) is 4. The normalized spacial score (nSPS) is 11.2. The van der Waals surface area contributed by atoms with Crippen molar-refractivity contribution in [3.05, 3.63) is 38.3 Å². The van der Waals surface area contributed by atoms with Crippen LogP contribution in [0.15, 0.2) is 22.7 Å². The number of nitrogens with one attached hydrogen (secondary N) is 1. The molecule has 2 N–H and O–H groups in total. The Hall–Kier alpha value is -1.47. The lowest BCUT2D eigenvalue weighted by Crippen LogP contribution is -2.39. The summed E-state index contributed by atoms with van der Waals surface area (Å²) < 4.78 is 0.162. The Morgan fingerprint density at radius 2 is 2.05 bits per heavy atom. The highest BCUT2D eigenvalue weighted by molar-refractivity contribution is 9.10. The number of carbonyl (C=O) groups excluding carboxylic acids is 1. The summed E-state index contributed by atoms with van der Waals surface area (Å²) in [5, 5.41) is 23.1. The molecule has 1 amide bonds. The van der Waals surface area contributed by atoms with Crippen LogP contribution in [-0.2, 0) is 0 Å². The van der Waals surface area contributed by atoms with Gasteiger partial charge in [0.2, 0.25) is 0 Å². The van der Waals surface area contributed by atoms with Gasteiger partial charge in [-0.3, -0.25) is 14.9 Å². The van der Waals surface area contributed by atoms with Gasteiger partial charge >= 0.3 is 0 Å². The van der Waals surface area contributed by atoms with Crippen LogP contribution in [0.25, 0.3) is 0 Å². The number of aliphatic hydroxyl groups is 1. The summed E-state index contributed by atoms with van der Waals surface area (Å²) in [5.41, 5.74) is -0.298. The number of benzene rings is 1. The van der Waals surface area contributed by atoms with Gasteiger partial charge < -0.3 is 10.4 Å². The molecule has 0 radical (unpaired) electrons. The van der Waals surface area contributed by atoms with E-state index in [1.165, 1.54) is 18.2 Å². The van der Waals surface area contributed by atoms with Gasteiger partial charge in [0, 0.05) is 18.0 Å². The zero-order valence-electron chi connectivity index (χ0n) is 12.1. The minimum Gasteiger partial charge on any atom is -0.396 e. The van der Waals surface area contributed by atoms with E-state index in [2.05, 4.69) is 21.2 Å². The van der Waals surface area contributed by atoms with E-state index in [1.54, 1.807) is 0 Å². The van der Waals surface area contributed by atoms with Crippen molar-refractivity contribution < 1.29 is 14.8 Å². The molecular formula is C14H19BrN2O4. The van der Waals surface area contributed by atoms with E-state index in [9.17, 15) is 20.0 Å². The summed E-state index contributed by atoms with van der Waals surface area (Å²) in [6.07, 6.45) is 1.47. The van der Waals surface area contributed by atoms with Crippen molar-refractivity contribution >= 4 is 27.5 Å². The molecular weight excluding hydrogens is 340 g/mol. The highest BCUT2D eigenvalue weighted by Gasteiger charge is 2.27. The van der Waals surface area contributed by atoms with E-state index in [0.29, 0.717) is 6.54 Å². The number of nitro benzene ring substituents is 1. The van der Waals surface area contributed by atoms with Crippen LogP contribution in [0.3, 0.4) is 0 Å². The quantitative estimate of drug-likeness (QED) is 0.578. The molecule has 0 bridgehead atoms. The molecule has 1 aromatic rings. The second-order valence-corrected chi connectivity index (χ2v) is 5.74. The predicted octanol–water partition coefficient (Wildman–Crippen LogP) is 2.89. The number of rotatable bonds is 7. The Balaban J connectivity index is 2.91. The number of nitrogens with zero attached hydrogens (tertiary/aromatic N) is 1. The first-order chi connectivity index (χ1) is 9.90. The summed E-state index contributed by atoms with van der Waals surface area (Å²) in [7, 11) is 0. The maximum Gasteiger partial charge on any atom is 0.284 e. The lowest BCUT2D eigenvalue weighted by atomic mass is 9.83. The molecule has 116 valence electrons. The van der Waals surface area contributed by atoms with E-state index in [-0.39, 0.29) is 27.7 Å². The second-order valence-electron chi connectivity index (χ2n) is 4.94.